The van der Waals surface area contributed by atoms with Gasteiger partial charge in [0.15, 0.2) is 17.7 Å². The number of ether oxygens (including phenoxy) is 3. The lowest BCUT2D eigenvalue weighted by Crippen LogP contribution is -2.43. The van der Waals surface area contributed by atoms with Crippen LogP contribution in [0.25, 0.3) is 0 Å². The molecule has 3 aliphatic heterocycles. The fraction of sp³-hybridized carbons (Fsp3) is 0.600. The Labute approximate surface area is 147 Å². The molecule has 0 N–H and O–H groups in total. The maximum atomic E-state index is 13.3. The van der Waals surface area contributed by atoms with Crippen LogP contribution in [0.2, 0.25) is 0 Å². The molecule has 134 valence electrons. The number of benzene rings is 1. The topological polar surface area (TPSA) is 61.8 Å². The summed E-state index contributed by atoms with van der Waals surface area (Å²) in [6.07, 6.45) is 2.06. The normalized spacial score (nSPS) is 34.2. The summed E-state index contributed by atoms with van der Waals surface area (Å²) in [5.41, 5.74) is 2.55. The average molecular weight is 344 g/mol. The van der Waals surface area contributed by atoms with Crippen molar-refractivity contribution < 1.29 is 23.8 Å². The van der Waals surface area contributed by atoms with Gasteiger partial charge >= 0.3 is 5.97 Å². The minimum absolute atomic E-state index is 0.0268. The van der Waals surface area contributed by atoms with Crippen LogP contribution in [0.5, 0.6) is 5.75 Å². The van der Waals surface area contributed by atoms with Gasteiger partial charge in [0.05, 0.1) is 6.10 Å². The molecule has 0 aromatic heterocycles. The number of aryl methyl sites for hydroxylation is 2. The fourth-order valence-electron chi connectivity index (χ4n) is 4.51. The van der Waals surface area contributed by atoms with Crippen LogP contribution in [0, 0.1) is 20.8 Å². The molecule has 5 rings (SSSR count). The SMILES string of the molecule is Cc1cc(C)c2c(c1C)OC(C)OC1CCC3(CC1)OC(=O)C2C3=O. The Morgan fingerprint density at radius 2 is 1.76 bits per heavy atom. The first-order valence-electron chi connectivity index (χ1n) is 9.02. The van der Waals surface area contributed by atoms with Gasteiger partial charge in [-0.3, -0.25) is 9.59 Å². The van der Waals surface area contributed by atoms with Crippen LogP contribution in [-0.4, -0.2) is 29.7 Å². The van der Waals surface area contributed by atoms with Crippen molar-refractivity contribution in [2.24, 2.45) is 0 Å². The third-order valence-corrected chi connectivity index (χ3v) is 5.97. The molecular weight excluding hydrogens is 320 g/mol. The molecule has 1 spiro atoms. The first kappa shape index (κ1) is 16.6. The van der Waals surface area contributed by atoms with Gasteiger partial charge in [0, 0.05) is 5.56 Å². The van der Waals surface area contributed by atoms with Crippen LogP contribution in [0.15, 0.2) is 6.07 Å². The van der Waals surface area contributed by atoms with Crippen molar-refractivity contribution in [2.75, 3.05) is 0 Å². The summed E-state index contributed by atoms with van der Waals surface area (Å²) >= 11 is 0. The molecule has 25 heavy (non-hydrogen) atoms. The van der Waals surface area contributed by atoms with E-state index in [1.54, 1.807) is 0 Å². The molecule has 1 saturated heterocycles. The number of rotatable bonds is 0. The van der Waals surface area contributed by atoms with Crippen LogP contribution in [0.3, 0.4) is 0 Å². The lowest BCUT2D eigenvalue weighted by Gasteiger charge is -2.35. The summed E-state index contributed by atoms with van der Waals surface area (Å²) in [5, 5.41) is 0. The predicted octanol–water partition coefficient (Wildman–Crippen LogP) is 3.26. The number of esters is 1. The second-order valence-electron chi connectivity index (χ2n) is 7.61. The summed E-state index contributed by atoms with van der Waals surface area (Å²) in [6, 6.07) is 2.01. The van der Waals surface area contributed by atoms with Gasteiger partial charge in [-0.05, 0) is 70.1 Å². The van der Waals surface area contributed by atoms with E-state index in [1.165, 1.54) is 0 Å². The zero-order chi connectivity index (χ0) is 17.9. The molecule has 1 aromatic rings. The van der Waals surface area contributed by atoms with Crippen LogP contribution < -0.4 is 4.74 Å². The van der Waals surface area contributed by atoms with Gasteiger partial charge in [-0.25, -0.2) is 0 Å². The van der Waals surface area contributed by atoms with E-state index >= 15 is 0 Å². The largest absolute Gasteiger partial charge is 0.465 e. The summed E-state index contributed by atoms with van der Waals surface area (Å²) in [6.45, 7) is 7.75. The Kier molecular flexibility index (Phi) is 3.69. The maximum Gasteiger partial charge on any atom is 0.322 e. The number of carbonyl (C=O) groups excluding carboxylic acids is 2. The van der Waals surface area contributed by atoms with Crippen molar-refractivity contribution >= 4 is 11.8 Å². The fourth-order valence-corrected chi connectivity index (χ4v) is 4.51. The summed E-state index contributed by atoms with van der Waals surface area (Å²) in [5.74, 6) is -0.842. The molecule has 1 aliphatic carbocycles. The van der Waals surface area contributed by atoms with Crippen molar-refractivity contribution in [3.8, 4) is 5.75 Å². The van der Waals surface area contributed by atoms with E-state index in [1.807, 2.05) is 33.8 Å². The zero-order valence-electron chi connectivity index (χ0n) is 15.2. The van der Waals surface area contributed by atoms with E-state index in [9.17, 15) is 9.59 Å². The van der Waals surface area contributed by atoms with Gasteiger partial charge in [0.1, 0.15) is 11.7 Å². The maximum absolute atomic E-state index is 13.3. The number of hydrogen-bond acceptors (Lipinski definition) is 5. The molecule has 1 aromatic carbocycles. The standard InChI is InChI=1S/C20H24O5/c1-10-9-11(2)15-16-18(21)20(25-19(16)22)7-5-14(6-8-20)23-13(4)24-17(15)12(10)3/h9,13-14,16H,5-8H2,1-4H3. The molecule has 0 radical (unpaired) electrons. The molecule has 1 saturated carbocycles. The second kappa shape index (κ2) is 5.56. The lowest BCUT2D eigenvalue weighted by molar-refractivity contribution is -0.165. The van der Waals surface area contributed by atoms with Crippen LogP contribution in [0.4, 0.5) is 0 Å². The molecule has 2 fully saturated rings. The minimum atomic E-state index is -0.975. The predicted molar refractivity (Wildman–Crippen MR) is 90.7 cm³/mol. The van der Waals surface area contributed by atoms with E-state index in [-0.39, 0.29) is 11.9 Å². The van der Waals surface area contributed by atoms with Gasteiger partial charge < -0.3 is 14.2 Å². The smallest absolute Gasteiger partial charge is 0.322 e. The Morgan fingerprint density at radius 3 is 2.44 bits per heavy atom. The van der Waals surface area contributed by atoms with E-state index in [0.717, 1.165) is 16.7 Å². The highest BCUT2D eigenvalue weighted by atomic mass is 16.7. The van der Waals surface area contributed by atoms with Crippen molar-refractivity contribution in [3.05, 3.63) is 28.3 Å². The van der Waals surface area contributed by atoms with Crippen molar-refractivity contribution in [2.45, 2.75) is 77.3 Å². The van der Waals surface area contributed by atoms with Gasteiger partial charge in [-0.1, -0.05) is 6.07 Å². The number of ketones is 1. The lowest BCUT2D eigenvalue weighted by atomic mass is 9.76. The molecule has 2 atom stereocenters. The summed E-state index contributed by atoms with van der Waals surface area (Å²) < 4.78 is 17.9. The van der Waals surface area contributed by atoms with E-state index in [2.05, 4.69) is 0 Å². The molecule has 2 unspecified atom stereocenters. The number of Topliss-reactive ketones (excluding diaryl/α,β-unsaturated/α-hetero) is 1. The van der Waals surface area contributed by atoms with E-state index < -0.39 is 23.8 Å². The van der Waals surface area contributed by atoms with Crippen LogP contribution in [0.1, 0.15) is 60.8 Å². The first-order valence-corrected chi connectivity index (χ1v) is 9.02. The van der Waals surface area contributed by atoms with Crippen molar-refractivity contribution in [1.29, 1.82) is 0 Å². The zero-order valence-corrected chi connectivity index (χ0v) is 15.2. The quantitative estimate of drug-likeness (QED) is 0.534. The minimum Gasteiger partial charge on any atom is -0.465 e. The van der Waals surface area contributed by atoms with E-state index in [4.69, 9.17) is 14.2 Å². The number of fused-ring (bicyclic) bond motifs is 4. The van der Waals surface area contributed by atoms with Crippen molar-refractivity contribution in [1.82, 2.24) is 0 Å². The first-order chi connectivity index (χ1) is 11.8. The Bertz CT molecular complexity index is 758. The number of hydrogen-bond donors (Lipinski definition) is 0. The van der Waals surface area contributed by atoms with Crippen LogP contribution in [-0.2, 0) is 19.1 Å². The molecule has 4 aliphatic rings. The molecule has 0 amide bonds. The van der Waals surface area contributed by atoms with Gasteiger partial charge in [0.2, 0.25) is 0 Å². The summed E-state index contributed by atoms with van der Waals surface area (Å²) in [4.78, 5) is 26.0. The monoisotopic (exact) mass is 344 g/mol. The van der Waals surface area contributed by atoms with Crippen LogP contribution >= 0.6 is 0 Å². The Hall–Kier alpha value is -1.88. The van der Waals surface area contributed by atoms with Gasteiger partial charge in [-0.15, -0.1) is 0 Å². The second-order valence-corrected chi connectivity index (χ2v) is 7.61. The molecule has 3 heterocycles. The highest BCUT2D eigenvalue weighted by molar-refractivity contribution is 6.14. The summed E-state index contributed by atoms with van der Waals surface area (Å²) in [7, 11) is 0. The Morgan fingerprint density at radius 1 is 1.08 bits per heavy atom. The Balaban J connectivity index is 1.94. The van der Waals surface area contributed by atoms with Gasteiger partial charge in [0.25, 0.3) is 0 Å². The van der Waals surface area contributed by atoms with E-state index in [0.29, 0.717) is 37.0 Å². The van der Waals surface area contributed by atoms with Gasteiger partial charge in [-0.2, -0.15) is 0 Å². The third kappa shape index (κ3) is 2.40. The highest BCUT2D eigenvalue weighted by Crippen LogP contribution is 2.48. The molecule has 5 nitrogen and oxygen atoms in total. The average Bonchev–Trinajstić information content (AvgIpc) is 2.76. The van der Waals surface area contributed by atoms with Crippen molar-refractivity contribution in [3.63, 3.8) is 0 Å². The molecular formula is C20H24O5. The third-order valence-electron chi connectivity index (χ3n) is 5.97. The molecule has 3 bridgehead atoms. The highest BCUT2D eigenvalue weighted by Gasteiger charge is 2.58. The molecule has 5 heteroatoms. The number of carbonyl (C=O) groups is 2.